The van der Waals surface area contributed by atoms with E-state index in [1.807, 2.05) is 11.9 Å². The summed E-state index contributed by atoms with van der Waals surface area (Å²) >= 11 is 0. The third kappa shape index (κ3) is 6.26. The predicted molar refractivity (Wildman–Crippen MR) is 129 cm³/mol. The minimum absolute atomic E-state index is 0.0443. The average Bonchev–Trinajstić information content (AvgIpc) is 3.12. The SMILES string of the molecule is CCOC(=O)C(C)N(Oc1ccc(C)cc1)[P+](=O)OC[C@@]1(N=[N+]=[N-])O[C@@H](n2ccc(=O)[nH]c2=O)[C@H](O)[C@@H]1O. The topological polar surface area (TPSA) is 218 Å². The molecule has 17 heteroatoms. The van der Waals surface area contributed by atoms with Crippen LogP contribution in [0.3, 0.4) is 0 Å². The zero-order valence-corrected chi connectivity index (χ0v) is 21.4. The number of carbonyl (C=O) groups is 1. The Balaban J connectivity index is 1.86. The Bertz CT molecular complexity index is 1330. The molecule has 0 bridgehead atoms. The highest BCUT2D eigenvalue weighted by Gasteiger charge is 2.57. The highest BCUT2D eigenvalue weighted by Crippen LogP contribution is 2.41. The molecule has 0 saturated carbocycles. The molecule has 16 nitrogen and oxygen atoms in total. The van der Waals surface area contributed by atoms with E-state index >= 15 is 0 Å². The Kier molecular flexibility index (Phi) is 9.36. The van der Waals surface area contributed by atoms with Crippen molar-refractivity contribution in [2.24, 2.45) is 5.11 Å². The molecule has 3 rings (SSSR count). The molecule has 0 amide bonds. The lowest BCUT2D eigenvalue weighted by atomic mass is 10.1. The number of H-pyrrole nitrogens is 1. The molecule has 1 aromatic heterocycles. The van der Waals surface area contributed by atoms with E-state index in [1.54, 1.807) is 31.2 Å². The molecular weight excluding hydrogens is 527 g/mol. The highest BCUT2D eigenvalue weighted by molar-refractivity contribution is 7.36. The molecule has 1 aromatic carbocycles. The minimum Gasteiger partial charge on any atom is -0.465 e. The van der Waals surface area contributed by atoms with E-state index in [-0.39, 0.29) is 12.4 Å². The van der Waals surface area contributed by atoms with Crippen molar-refractivity contribution in [2.75, 3.05) is 13.2 Å². The largest absolute Gasteiger partial charge is 0.653 e. The van der Waals surface area contributed by atoms with Crippen molar-refractivity contribution in [1.82, 2.24) is 14.4 Å². The molecular formula is C21H26N6O10P+. The van der Waals surface area contributed by atoms with Gasteiger partial charge in [-0.05, 0) is 43.0 Å². The summed E-state index contributed by atoms with van der Waals surface area (Å²) in [6.07, 6.45) is -4.39. The summed E-state index contributed by atoms with van der Waals surface area (Å²) in [5, 5.41) is 24.6. The zero-order chi connectivity index (χ0) is 28.0. The van der Waals surface area contributed by atoms with Crippen molar-refractivity contribution < 1.29 is 38.4 Å². The Morgan fingerprint density at radius 3 is 2.63 bits per heavy atom. The number of aliphatic hydroxyl groups is 2. The number of hydrogen-bond donors (Lipinski definition) is 3. The first-order valence-electron chi connectivity index (χ1n) is 11.2. The van der Waals surface area contributed by atoms with Gasteiger partial charge >= 0.3 is 19.8 Å². The number of nitrogens with one attached hydrogen (secondary N) is 1. The van der Waals surface area contributed by atoms with Crippen LogP contribution in [0.4, 0.5) is 0 Å². The zero-order valence-electron chi connectivity index (χ0n) is 20.5. The number of hydrogen-bond acceptors (Lipinski definition) is 11. The minimum atomic E-state index is -3.04. The third-order valence-electron chi connectivity index (χ3n) is 5.46. The number of aromatic amines is 1. The maximum absolute atomic E-state index is 13.2. The summed E-state index contributed by atoms with van der Waals surface area (Å²) in [6, 6.07) is 6.31. The van der Waals surface area contributed by atoms with Crippen LogP contribution in [-0.2, 0) is 23.4 Å². The number of carbonyl (C=O) groups excluding carboxylic acids is 1. The molecule has 1 saturated heterocycles. The highest BCUT2D eigenvalue weighted by atomic mass is 31.1. The van der Waals surface area contributed by atoms with Crippen LogP contribution in [0.25, 0.3) is 10.4 Å². The van der Waals surface area contributed by atoms with Crippen LogP contribution in [0.1, 0.15) is 25.6 Å². The second-order valence-electron chi connectivity index (χ2n) is 8.14. The molecule has 3 N–H and O–H groups in total. The third-order valence-corrected chi connectivity index (χ3v) is 6.56. The smallest absolute Gasteiger partial charge is 0.465 e. The number of azide groups is 1. The van der Waals surface area contributed by atoms with Crippen LogP contribution < -0.4 is 16.1 Å². The van der Waals surface area contributed by atoms with Crippen LogP contribution in [0, 0.1) is 6.92 Å². The van der Waals surface area contributed by atoms with Gasteiger partial charge in [-0.2, -0.15) is 0 Å². The fraction of sp³-hybridized carbons (Fsp3) is 0.476. The predicted octanol–water partition coefficient (Wildman–Crippen LogP) is 1.02. The fourth-order valence-electron chi connectivity index (χ4n) is 3.45. The van der Waals surface area contributed by atoms with E-state index in [2.05, 4.69) is 10.0 Å². The van der Waals surface area contributed by atoms with E-state index in [0.29, 0.717) is 0 Å². The Labute approximate surface area is 215 Å². The number of benzene rings is 1. The first kappa shape index (κ1) is 28.9. The lowest BCUT2D eigenvalue weighted by molar-refractivity contribution is -0.155. The van der Waals surface area contributed by atoms with Gasteiger partial charge in [0.05, 0.1) is 6.61 Å². The lowest BCUT2D eigenvalue weighted by Gasteiger charge is -2.24. The van der Waals surface area contributed by atoms with Crippen LogP contribution in [0.5, 0.6) is 5.75 Å². The van der Waals surface area contributed by atoms with Crippen LogP contribution in [0.2, 0.25) is 0 Å². The number of nitrogens with zero attached hydrogens (tertiary/aromatic N) is 5. The second kappa shape index (κ2) is 12.3. The standard InChI is InChI=1S/C21H25N6O10P/c1-4-34-19(31)13(3)27(37-14-7-5-12(2)6-8-14)38(33)35-11-21(24-25-22)17(30)16(29)18(36-21)26-10-9-15(28)23-20(26)32/h5-10,13,16-18,29-30H,4,11H2,1-3H3/p+1/t13?,16-,17+,18-,21-/m1/s1. The summed E-state index contributed by atoms with van der Waals surface area (Å²) in [5.74, 6) is -0.560. The summed E-state index contributed by atoms with van der Waals surface area (Å²) < 4.78 is 29.8. The molecule has 0 aliphatic carbocycles. The maximum atomic E-state index is 13.2. The number of ether oxygens (including phenoxy) is 2. The van der Waals surface area contributed by atoms with Crippen molar-refractivity contribution in [1.29, 1.82) is 0 Å². The summed E-state index contributed by atoms with van der Waals surface area (Å²) in [6.45, 7) is 3.93. The van der Waals surface area contributed by atoms with Gasteiger partial charge in [0.25, 0.3) is 5.56 Å². The molecule has 1 fully saturated rings. The monoisotopic (exact) mass is 553 g/mol. The number of aryl methyl sites for hydroxylation is 1. The first-order chi connectivity index (χ1) is 18.0. The molecule has 1 aliphatic heterocycles. The molecule has 2 heterocycles. The first-order valence-corrected chi connectivity index (χ1v) is 12.4. The molecule has 2 unspecified atom stereocenters. The molecule has 6 atom stereocenters. The summed E-state index contributed by atoms with van der Waals surface area (Å²) in [5.41, 5.74) is 5.97. The van der Waals surface area contributed by atoms with Gasteiger partial charge in [0.15, 0.2) is 18.0 Å². The average molecular weight is 553 g/mol. The second-order valence-corrected chi connectivity index (χ2v) is 9.27. The van der Waals surface area contributed by atoms with E-state index in [4.69, 9.17) is 24.4 Å². The number of aromatic nitrogens is 2. The molecule has 1 aliphatic rings. The number of hydroxylamine groups is 1. The summed E-state index contributed by atoms with van der Waals surface area (Å²) in [7, 11) is -3.04. The van der Waals surface area contributed by atoms with Crippen molar-refractivity contribution in [3.8, 4) is 5.75 Å². The molecule has 2 aromatic rings. The van der Waals surface area contributed by atoms with Crippen molar-refractivity contribution in [3.63, 3.8) is 0 Å². The van der Waals surface area contributed by atoms with Crippen molar-refractivity contribution in [2.45, 2.75) is 51.0 Å². The molecule has 204 valence electrons. The van der Waals surface area contributed by atoms with Crippen molar-refractivity contribution >= 4 is 14.1 Å². The van der Waals surface area contributed by atoms with Gasteiger partial charge in [0.2, 0.25) is 5.72 Å². The van der Waals surface area contributed by atoms with Crippen LogP contribution in [-0.4, -0.2) is 67.8 Å². The lowest BCUT2D eigenvalue weighted by Crippen LogP contribution is -2.45. The van der Waals surface area contributed by atoms with E-state index in [0.717, 1.165) is 27.2 Å². The van der Waals surface area contributed by atoms with Crippen molar-refractivity contribution in [3.05, 3.63) is 73.4 Å². The van der Waals surface area contributed by atoms with Gasteiger partial charge in [-0.3, -0.25) is 19.1 Å². The van der Waals surface area contributed by atoms with E-state index in [1.165, 1.54) is 6.92 Å². The number of rotatable bonds is 11. The molecule has 0 spiro atoms. The Morgan fingerprint density at radius 1 is 1.34 bits per heavy atom. The van der Waals surface area contributed by atoms with Gasteiger partial charge in [-0.15, -0.1) is 4.52 Å². The normalized spacial score (nSPS) is 23.9. The van der Waals surface area contributed by atoms with E-state index < -0.39 is 62.2 Å². The van der Waals surface area contributed by atoms with Crippen LogP contribution in [0.15, 0.2) is 51.2 Å². The Morgan fingerprint density at radius 2 is 2.03 bits per heavy atom. The van der Waals surface area contributed by atoms with Gasteiger partial charge in [-0.1, -0.05) is 22.8 Å². The van der Waals surface area contributed by atoms with Gasteiger partial charge in [-0.25, -0.2) is 4.79 Å². The number of aliphatic hydroxyl groups excluding tert-OH is 2. The van der Waals surface area contributed by atoms with Gasteiger partial charge in [0.1, 0.15) is 23.6 Å². The maximum Gasteiger partial charge on any atom is 0.653 e. The molecule has 0 radical (unpaired) electrons. The summed E-state index contributed by atoms with van der Waals surface area (Å²) in [4.78, 5) is 46.8. The quantitative estimate of drug-likeness (QED) is 0.0890. The Hall–Kier alpha value is -3.62. The molecule has 38 heavy (non-hydrogen) atoms. The number of esters is 1. The fourth-order valence-corrected chi connectivity index (χ4v) is 4.39. The van der Waals surface area contributed by atoms with Gasteiger partial charge < -0.3 is 24.5 Å². The van der Waals surface area contributed by atoms with E-state index in [9.17, 15) is 29.2 Å². The van der Waals surface area contributed by atoms with Gasteiger partial charge in [0, 0.05) is 17.2 Å². The van der Waals surface area contributed by atoms with Crippen LogP contribution >= 0.6 is 8.18 Å².